The van der Waals surface area contributed by atoms with Crippen LogP contribution in [-0.2, 0) is 5.41 Å². The smallest absolute Gasteiger partial charge is 0.293 e. The Balaban J connectivity index is 3.15. The van der Waals surface area contributed by atoms with Crippen LogP contribution in [0.15, 0.2) is 14.2 Å². The highest BCUT2D eigenvalue weighted by atomic mass is 32.2. The van der Waals surface area contributed by atoms with E-state index in [0.29, 0.717) is 0 Å². The first-order valence-corrected chi connectivity index (χ1v) is 5.30. The first kappa shape index (κ1) is 10.4. The van der Waals surface area contributed by atoms with E-state index in [1.54, 1.807) is 0 Å². The summed E-state index contributed by atoms with van der Waals surface area (Å²) in [4.78, 5) is 12.0. The van der Waals surface area contributed by atoms with Crippen LogP contribution in [0.5, 0.6) is 0 Å². The molecule has 0 aliphatic rings. The third-order valence-corrected chi connectivity index (χ3v) is 2.58. The number of H-pyrrole nitrogens is 1. The molecule has 0 fully saturated rings. The molecule has 0 radical (unpaired) electrons. The summed E-state index contributed by atoms with van der Waals surface area (Å²) >= 11 is 1.52. The van der Waals surface area contributed by atoms with E-state index in [1.807, 2.05) is 27.7 Å². The van der Waals surface area contributed by atoms with Crippen molar-refractivity contribution < 1.29 is 4.52 Å². The van der Waals surface area contributed by atoms with Crippen LogP contribution < -0.4 is 5.56 Å². The monoisotopic (exact) mass is 201 g/mol. The highest BCUT2D eigenvalue weighted by Gasteiger charge is 2.25. The van der Waals surface area contributed by atoms with Gasteiger partial charge in [-0.3, -0.25) is 4.79 Å². The van der Waals surface area contributed by atoms with Crippen molar-refractivity contribution in [3.8, 4) is 0 Å². The van der Waals surface area contributed by atoms with Gasteiger partial charge in [-0.05, 0) is 5.75 Å². The quantitative estimate of drug-likeness (QED) is 0.747. The molecule has 0 amide bonds. The van der Waals surface area contributed by atoms with Crippen LogP contribution in [0.25, 0.3) is 0 Å². The zero-order valence-electron chi connectivity index (χ0n) is 8.43. The third-order valence-electron chi connectivity index (χ3n) is 1.63. The molecule has 0 aromatic carbocycles. The maximum Gasteiger partial charge on any atom is 0.293 e. The number of rotatable bonds is 2. The summed E-state index contributed by atoms with van der Waals surface area (Å²) in [6.07, 6.45) is 0. The first-order valence-electron chi connectivity index (χ1n) is 4.31. The molecule has 1 aromatic rings. The third kappa shape index (κ3) is 2.18. The lowest BCUT2D eigenvalue weighted by atomic mass is 9.93. The van der Waals surface area contributed by atoms with Crippen LogP contribution >= 0.6 is 11.8 Å². The predicted octanol–water partition coefficient (Wildman–Crippen LogP) is 2.38. The highest BCUT2D eigenvalue weighted by Crippen LogP contribution is 2.29. The number of thioether (sulfide) groups is 1. The summed E-state index contributed by atoms with van der Waals surface area (Å²) in [5, 5.41) is 2.38. The Bertz CT molecular complexity index is 332. The van der Waals surface area contributed by atoms with E-state index in [2.05, 4.69) is 5.16 Å². The maximum atomic E-state index is 11.3. The number of aromatic amines is 1. The van der Waals surface area contributed by atoms with E-state index in [-0.39, 0.29) is 11.0 Å². The fourth-order valence-electron chi connectivity index (χ4n) is 1.06. The Morgan fingerprint density at radius 2 is 2.08 bits per heavy atom. The molecule has 0 bridgehead atoms. The fraction of sp³-hybridized carbons (Fsp3) is 0.667. The van der Waals surface area contributed by atoms with Crippen LogP contribution in [0.1, 0.15) is 33.5 Å². The van der Waals surface area contributed by atoms with Gasteiger partial charge in [-0.15, -0.1) is 11.8 Å². The first-order chi connectivity index (χ1) is 5.96. The molecule has 74 valence electrons. The van der Waals surface area contributed by atoms with Crippen LogP contribution in [0, 0.1) is 0 Å². The summed E-state index contributed by atoms with van der Waals surface area (Å²) < 4.78 is 5.15. The molecular formula is C9H15NO2S. The summed E-state index contributed by atoms with van der Waals surface area (Å²) in [7, 11) is 0. The Morgan fingerprint density at radius 3 is 2.54 bits per heavy atom. The van der Waals surface area contributed by atoms with Gasteiger partial charge in [0.05, 0.1) is 0 Å². The molecule has 0 aliphatic carbocycles. The molecule has 0 atom stereocenters. The number of nitrogens with one attached hydrogen (secondary N) is 1. The Morgan fingerprint density at radius 1 is 1.46 bits per heavy atom. The lowest BCUT2D eigenvalue weighted by Gasteiger charge is -2.14. The van der Waals surface area contributed by atoms with Crippen molar-refractivity contribution >= 4 is 11.8 Å². The summed E-state index contributed by atoms with van der Waals surface area (Å²) in [5.74, 6) is 1.63. The second-order valence-electron chi connectivity index (χ2n) is 3.87. The lowest BCUT2D eigenvalue weighted by molar-refractivity contribution is 0.322. The van der Waals surface area contributed by atoms with Crippen molar-refractivity contribution in [2.24, 2.45) is 0 Å². The fourth-order valence-corrected chi connectivity index (χ4v) is 2.00. The van der Waals surface area contributed by atoms with Gasteiger partial charge in [0.25, 0.3) is 5.56 Å². The zero-order valence-corrected chi connectivity index (χ0v) is 9.25. The SMILES string of the molecule is CCSc1c(C(C)(C)C)o[nH]c1=O. The van der Waals surface area contributed by atoms with Gasteiger partial charge >= 0.3 is 0 Å². The van der Waals surface area contributed by atoms with Crippen molar-refractivity contribution in [1.82, 2.24) is 5.16 Å². The zero-order chi connectivity index (χ0) is 10.1. The van der Waals surface area contributed by atoms with Crippen LogP contribution in [0.2, 0.25) is 0 Å². The largest absolute Gasteiger partial charge is 0.382 e. The van der Waals surface area contributed by atoms with Crippen molar-refractivity contribution in [1.29, 1.82) is 0 Å². The Kier molecular flexibility index (Phi) is 2.91. The molecular weight excluding hydrogens is 186 g/mol. The van der Waals surface area contributed by atoms with Gasteiger partial charge in [0.1, 0.15) is 4.90 Å². The average Bonchev–Trinajstić information content (AvgIpc) is 2.32. The van der Waals surface area contributed by atoms with Gasteiger partial charge in [0.2, 0.25) is 0 Å². The molecule has 0 unspecified atom stereocenters. The minimum Gasteiger partial charge on any atom is -0.382 e. The van der Waals surface area contributed by atoms with Gasteiger partial charge in [-0.1, -0.05) is 27.7 Å². The number of hydrogen-bond donors (Lipinski definition) is 1. The molecule has 13 heavy (non-hydrogen) atoms. The predicted molar refractivity (Wildman–Crippen MR) is 54.4 cm³/mol. The minimum absolute atomic E-state index is 0.114. The van der Waals surface area contributed by atoms with Gasteiger partial charge in [-0.2, -0.15) is 5.16 Å². The molecule has 3 nitrogen and oxygen atoms in total. The van der Waals surface area contributed by atoms with Crippen molar-refractivity contribution in [2.75, 3.05) is 5.75 Å². The van der Waals surface area contributed by atoms with Crippen LogP contribution in [0.4, 0.5) is 0 Å². The summed E-state index contributed by atoms with van der Waals surface area (Å²) in [5.41, 5.74) is -0.229. The summed E-state index contributed by atoms with van der Waals surface area (Å²) in [6, 6.07) is 0. The van der Waals surface area contributed by atoms with Gasteiger partial charge in [-0.25, -0.2) is 0 Å². The molecule has 1 rings (SSSR count). The Hall–Kier alpha value is -0.640. The Labute approximate surface area is 81.9 Å². The second-order valence-corrected chi connectivity index (χ2v) is 5.15. The van der Waals surface area contributed by atoms with Crippen LogP contribution in [-0.4, -0.2) is 10.9 Å². The van der Waals surface area contributed by atoms with E-state index >= 15 is 0 Å². The maximum absolute atomic E-state index is 11.3. The van der Waals surface area contributed by atoms with E-state index in [9.17, 15) is 4.79 Å². The number of aromatic nitrogens is 1. The number of hydrogen-bond acceptors (Lipinski definition) is 3. The standard InChI is InChI=1S/C9H15NO2S/c1-5-13-6-7(9(2,3)4)12-10-8(6)11/h5H2,1-4H3,(H,10,11). The van der Waals surface area contributed by atoms with Crippen molar-refractivity contribution in [3.63, 3.8) is 0 Å². The summed E-state index contributed by atoms with van der Waals surface area (Å²) in [6.45, 7) is 8.10. The second kappa shape index (κ2) is 3.62. The molecule has 0 saturated heterocycles. The molecule has 1 N–H and O–H groups in total. The average molecular weight is 201 g/mol. The topological polar surface area (TPSA) is 46.0 Å². The normalized spacial score (nSPS) is 12.0. The van der Waals surface area contributed by atoms with Gasteiger partial charge in [0.15, 0.2) is 5.76 Å². The molecule has 0 saturated carbocycles. The molecule has 1 heterocycles. The van der Waals surface area contributed by atoms with Crippen LogP contribution in [0.3, 0.4) is 0 Å². The van der Waals surface area contributed by atoms with Gasteiger partial charge < -0.3 is 4.52 Å². The molecule has 0 aliphatic heterocycles. The van der Waals surface area contributed by atoms with E-state index in [0.717, 1.165) is 16.4 Å². The highest BCUT2D eigenvalue weighted by molar-refractivity contribution is 7.99. The van der Waals surface area contributed by atoms with E-state index in [4.69, 9.17) is 4.52 Å². The van der Waals surface area contributed by atoms with Crippen molar-refractivity contribution in [3.05, 3.63) is 16.1 Å². The lowest BCUT2D eigenvalue weighted by Crippen LogP contribution is -2.13. The van der Waals surface area contributed by atoms with E-state index in [1.165, 1.54) is 11.8 Å². The van der Waals surface area contributed by atoms with Gasteiger partial charge in [0, 0.05) is 5.41 Å². The molecule has 1 aromatic heterocycles. The molecule has 4 heteroatoms. The van der Waals surface area contributed by atoms with Crippen molar-refractivity contribution in [2.45, 2.75) is 38.0 Å². The minimum atomic E-state index is -0.114. The van der Waals surface area contributed by atoms with E-state index < -0.39 is 0 Å². The molecule has 0 spiro atoms.